The third kappa shape index (κ3) is 3.57. The second-order valence-corrected chi connectivity index (χ2v) is 6.23. The first-order chi connectivity index (χ1) is 11.5. The molecule has 0 radical (unpaired) electrons. The molecule has 2 amide bonds. The van der Waals surface area contributed by atoms with Crippen LogP contribution >= 0.6 is 11.6 Å². The number of hydrogen-bond donors (Lipinski definition) is 2. The van der Waals surface area contributed by atoms with E-state index in [-0.39, 0.29) is 23.9 Å². The number of carbonyl (C=O) groups is 2. The molecular weight excluding hydrogens is 326 g/mol. The van der Waals surface area contributed by atoms with Crippen LogP contribution in [0.3, 0.4) is 0 Å². The molecule has 0 saturated carbocycles. The van der Waals surface area contributed by atoms with E-state index in [4.69, 9.17) is 11.6 Å². The molecule has 5 nitrogen and oxygen atoms in total. The van der Waals surface area contributed by atoms with Gasteiger partial charge in [0.1, 0.15) is 5.15 Å². The van der Waals surface area contributed by atoms with Crippen LogP contribution in [0.2, 0.25) is 5.15 Å². The fraction of sp³-hybridized carbons (Fsp3) is 0.278. The van der Waals surface area contributed by atoms with Crippen molar-refractivity contribution in [1.82, 2.24) is 15.6 Å². The third-order valence-electron chi connectivity index (χ3n) is 4.17. The van der Waals surface area contributed by atoms with Crippen molar-refractivity contribution in [1.29, 1.82) is 0 Å². The van der Waals surface area contributed by atoms with Crippen molar-refractivity contribution in [2.45, 2.75) is 31.8 Å². The maximum atomic E-state index is 12.6. The van der Waals surface area contributed by atoms with Gasteiger partial charge in [-0.05, 0) is 31.0 Å². The molecule has 2 atom stereocenters. The second-order valence-electron chi connectivity index (χ2n) is 5.84. The Balaban J connectivity index is 1.81. The lowest BCUT2D eigenvalue weighted by atomic mass is 9.91. The van der Waals surface area contributed by atoms with Crippen LogP contribution in [-0.2, 0) is 4.79 Å². The van der Waals surface area contributed by atoms with Crippen molar-refractivity contribution in [3.05, 3.63) is 64.4 Å². The highest BCUT2D eigenvalue weighted by Gasteiger charge is 2.31. The number of rotatable bonds is 3. The van der Waals surface area contributed by atoms with Crippen LogP contribution in [0.15, 0.2) is 42.5 Å². The molecule has 2 heterocycles. The summed E-state index contributed by atoms with van der Waals surface area (Å²) < 4.78 is 0. The van der Waals surface area contributed by atoms with Crippen LogP contribution in [-0.4, -0.2) is 22.8 Å². The Kier molecular flexibility index (Phi) is 4.81. The number of hydrogen-bond acceptors (Lipinski definition) is 3. The monoisotopic (exact) mass is 343 g/mol. The van der Waals surface area contributed by atoms with E-state index in [0.29, 0.717) is 29.3 Å². The van der Waals surface area contributed by atoms with Gasteiger partial charge in [-0.3, -0.25) is 9.59 Å². The van der Waals surface area contributed by atoms with Gasteiger partial charge in [0.25, 0.3) is 5.91 Å². The fourth-order valence-electron chi connectivity index (χ4n) is 2.95. The fourth-order valence-corrected chi connectivity index (χ4v) is 3.14. The molecule has 0 bridgehead atoms. The molecule has 0 aliphatic carbocycles. The van der Waals surface area contributed by atoms with Gasteiger partial charge in [0.05, 0.1) is 23.3 Å². The van der Waals surface area contributed by atoms with Gasteiger partial charge in [-0.15, -0.1) is 0 Å². The van der Waals surface area contributed by atoms with E-state index in [1.54, 1.807) is 19.1 Å². The highest BCUT2D eigenvalue weighted by Crippen LogP contribution is 2.24. The van der Waals surface area contributed by atoms with Crippen molar-refractivity contribution >= 4 is 23.4 Å². The van der Waals surface area contributed by atoms with Gasteiger partial charge in [-0.1, -0.05) is 41.9 Å². The number of halogens is 1. The molecule has 2 N–H and O–H groups in total. The normalized spacial score (nSPS) is 20.3. The maximum absolute atomic E-state index is 12.6. The van der Waals surface area contributed by atoms with E-state index >= 15 is 0 Å². The van der Waals surface area contributed by atoms with E-state index in [9.17, 15) is 9.59 Å². The van der Waals surface area contributed by atoms with E-state index in [1.165, 1.54) is 0 Å². The zero-order valence-electron chi connectivity index (χ0n) is 13.3. The van der Waals surface area contributed by atoms with Gasteiger partial charge < -0.3 is 10.6 Å². The van der Waals surface area contributed by atoms with Crippen molar-refractivity contribution < 1.29 is 9.59 Å². The van der Waals surface area contributed by atoms with Gasteiger partial charge in [0.15, 0.2) is 0 Å². The molecule has 1 aromatic heterocycles. The molecule has 1 aromatic carbocycles. The first kappa shape index (κ1) is 16.5. The summed E-state index contributed by atoms with van der Waals surface area (Å²) in [5, 5.41) is 6.36. The molecule has 1 fully saturated rings. The highest BCUT2D eigenvalue weighted by atomic mass is 35.5. The van der Waals surface area contributed by atoms with E-state index in [1.807, 2.05) is 30.3 Å². The van der Waals surface area contributed by atoms with Gasteiger partial charge in [-0.2, -0.15) is 0 Å². The maximum Gasteiger partial charge on any atom is 0.253 e. The molecule has 0 unspecified atom stereocenters. The van der Waals surface area contributed by atoms with Crippen molar-refractivity contribution in [3.63, 3.8) is 0 Å². The van der Waals surface area contributed by atoms with E-state index in [2.05, 4.69) is 15.6 Å². The number of nitrogens with one attached hydrogen (secondary N) is 2. The highest BCUT2D eigenvalue weighted by molar-refractivity contribution is 6.29. The summed E-state index contributed by atoms with van der Waals surface area (Å²) >= 11 is 5.84. The lowest BCUT2D eigenvalue weighted by molar-refractivity contribution is -0.123. The molecule has 24 heavy (non-hydrogen) atoms. The quantitative estimate of drug-likeness (QED) is 0.842. The summed E-state index contributed by atoms with van der Waals surface area (Å²) in [6, 6.07) is 12.5. The Morgan fingerprint density at radius 1 is 1.25 bits per heavy atom. The minimum Gasteiger partial charge on any atom is -0.347 e. The van der Waals surface area contributed by atoms with Crippen molar-refractivity contribution in [2.75, 3.05) is 0 Å². The zero-order valence-corrected chi connectivity index (χ0v) is 14.0. The van der Waals surface area contributed by atoms with E-state index < -0.39 is 0 Å². The van der Waals surface area contributed by atoms with Gasteiger partial charge >= 0.3 is 0 Å². The molecule has 6 heteroatoms. The number of amides is 2. The van der Waals surface area contributed by atoms with Crippen LogP contribution in [0.4, 0.5) is 0 Å². The molecule has 0 spiro atoms. The summed E-state index contributed by atoms with van der Waals surface area (Å²) in [6.45, 7) is 1.75. The summed E-state index contributed by atoms with van der Waals surface area (Å²) in [7, 11) is 0. The number of nitrogens with zero attached hydrogens (tertiary/aromatic N) is 1. The average Bonchev–Trinajstić information content (AvgIpc) is 2.57. The predicted octanol–water partition coefficient (Wildman–Crippen LogP) is 2.79. The first-order valence-corrected chi connectivity index (χ1v) is 8.20. The Labute approximate surface area is 145 Å². The summed E-state index contributed by atoms with van der Waals surface area (Å²) in [4.78, 5) is 28.5. The van der Waals surface area contributed by atoms with Gasteiger partial charge in [0.2, 0.25) is 5.91 Å². The van der Waals surface area contributed by atoms with Crippen molar-refractivity contribution in [3.8, 4) is 0 Å². The Bertz CT molecular complexity index is 764. The van der Waals surface area contributed by atoms with Crippen LogP contribution < -0.4 is 10.6 Å². The summed E-state index contributed by atoms with van der Waals surface area (Å²) in [5.41, 5.74) is 2.04. The number of pyridine rings is 1. The average molecular weight is 344 g/mol. The molecule has 3 rings (SSSR count). The SMILES string of the molecule is Cc1nc(Cl)ccc1C(=O)N[C@@H]1CCC(=O)N[C@H]1c1ccccc1. The van der Waals surface area contributed by atoms with Gasteiger partial charge in [0, 0.05) is 6.42 Å². The molecule has 2 aromatic rings. The molecule has 1 aliphatic heterocycles. The topological polar surface area (TPSA) is 71.1 Å². The lowest BCUT2D eigenvalue weighted by Gasteiger charge is -2.33. The first-order valence-electron chi connectivity index (χ1n) is 7.83. The predicted molar refractivity (Wildman–Crippen MR) is 91.8 cm³/mol. The summed E-state index contributed by atoms with van der Waals surface area (Å²) in [5.74, 6) is -0.211. The smallest absolute Gasteiger partial charge is 0.253 e. The van der Waals surface area contributed by atoms with Crippen LogP contribution in [0, 0.1) is 6.92 Å². The minimum absolute atomic E-state index is 0.00121. The third-order valence-corrected chi connectivity index (χ3v) is 4.38. The molecule has 1 saturated heterocycles. The Hall–Kier alpha value is -2.40. The molecular formula is C18H18ClN3O2. The summed E-state index contributed by atoms with van der Waals surface area (Å²) in [6.07, 6.45) is 0.989. The number of aromatic nitrogens is 1. The van der Waals surface area contributed by atoms with Crippen LogP contribution in [0.5, 0.6) is 0 Å². The second kappa shape index (κ2) is 7.01. The number of benzene rings is 1. The number of piperidine rings is 1. The van der Waals surface area contributed by atoms with Crippen LogP contribution in [0.1, 0.15) is 40.5 Å². The zero-order chi connectivity index (χ0) is 17.1. The van der Waals surface area contributed by atoms with Crippen LogP contribution in [0.25, 0.3) is 0 Å². The lowest BCUT2D eigenvalue weighted by Crippen LogP contribution is -2.50. The molecule has 124 valence electrons. The number of aryl methyl sites for hydroxylation is 1. The van der Waals surface area contributed by atoms with Crippen molar-refractivity contribution in [2.24, 2.45) is 0 Å². The largest absolute Gasteiger partial charge is 0.347 e. The Morgan fingerprint density at radius 2 is 2.00 bits per heavy atom. The van der Waals surface area contributed by atoms with Gasteiger partial charge in [-0.25, -0.2) is 4.98 Å². The standard InChI is InChI=1S/C18H18ClN3O2/c1-11-13(7-9-15(19)20-11)18(24)21-14-8-10-16(23)22-17(14)12-5-3-2-4-6-12/h2-7,9,14,17H,8,10H2,1H3,(H,21,24)(H,22,23)/t14-,17+/m1/s1. The van der Waals surface area contributed by atoms with E-state index in [0.717, 1.165) is 5.56 Å². The molecule has 1 aliphatic rings. The number of carbonyl (C=O) groups excluding carboxylic acids is 2. The minimum atomic E-state index is -0.239. The Morgan fingerprint density at radius 3 is 2.71 bits per heavy atom.